The molecule has 0 heterocycles. The summed E-state index contributed by atoms with van der Waals surface area (Å²) in [5.41, 5.74) is 3.89. The smallest absolute Gasteiger partial charge is 0.329 e. The Morgan fingerprint density at radius 3 is 2.60 bits per heavy atom. The van der Waals surface area contributed by atoms with Crippen molar-refractivity contribution in [3.8, 4) is 5.75 Å². The van der Waals surface area contributed by atoms with Gasteiger partial charge >= 0.3 is 11.8 Å². The van der Waals surface area contributed by atoms with E-state index in [0.717, 1.165) is 11.1 Å². The number of likely N-dealkylation sites (N-methyl/N-ethyl adjacent to an activating group) is 1. The van der Waals surface area contributed by atoms with E-state index in [0.29, 0.717) is 23.9 Å². The maximum Gasteiger partial charge on any atom is 0.329 e. The second kappa shape index (κ2) is 9.44. The lowest BCUT2D eigenvalue weighted by molar-refractivity contribution is -0.139. The summed E-state index contributed by atoms with van der Waals surface area (Å²) in [7, 11) is 0. The van der Waals surface area contributed by atoms with Crippen molar-refractivity contribution in [1.29, 1.82) is 0 Å². The van der Waals surface area contributed by atoms with E-state index in [1.165, 1.54) is 6.21 Å². The van der Waals surface area contributed by atoms with E-state index in [-0.39, 0.29) is 0 Å². The Morgan fingerprint density at radius 2 is 1.92 bits per heavy atom. The molecule has 0 atom stereocenters. The Hall–Kier alpha value is -2.86. The molecule has 0 saturated carbocycles. The fraction of sp³-hybridized carbons (Fsp3) is 0.167. The number of rotatable bonds is 6. The predicted octanol–water partition coefficient (Wildman–Crippen LogP) is 2.51. The predicted molar refractivity (Wildman–Crippen MR) is 96.6 cm³/mol. The fourth-order valence-electron chi connectivity index (χ4n) is 1.90. The lowest BCUT2D eigenvalue weighted by atomic mass is 10.2. The van der Waals surface area contributed by atoms with E-state index in [1.807, 2.05) is 24.3 Å². The van der Waals surface area contributed by atoms with E-state index in [9.17, 15) is 9.59 Å². The molecule has 2 N–H and O–H groups in total. The number of nitrogens with zero attached hydrogens (tertiary/aromatic N) is 1. The highest BCUT2D eigenvalue weighted by atomic mass is 35.5. The maximum atomic E-state index is 11.4. The van der Waals surface area contributed by atoms with Crippen molar-refractivity contribution in [3.05, 3.63) is 64.7 Å². The SMILES string of the molecule is CCNC(=O)C(=O)N/N=C\c1ccc(OCc2cccc(Cl)c2)cc1. The zero-order chi connectivity index (χ0) is 18.1. The highest BCUT2D eigenvalue weighted by Gasteiger charge is 2.09. The number of carbonyl (C=O) groups excluding carboxylic acids is 2. The molecule has 2 aromatic carbocycles. The van der Waals surface area contributed by atoms with Crippen LogP contribution in [-0.4, -0.2) is 24.6 Å². The second-order valence-electron chi connectivity index (χ2n) is 5.05. The summed E-state index contributed by atoms with van der Waals surface area (Å²) < 4.78 is 5.68. The van der Waals surface area contributed by atoms with Gasteiger partial charge in [-0.05, 0) is 54.4 Å². The highest BCUT2D eigenvalue weighted by molar-refractivity contribution is 6.35. The van der Waals surface area contributed by atoms with Gasteiger partial charge in [-0.15, -0.1) is 0 Å². The molecule has 0 spiro atoms. The zero-order valence-corrected chi connectivity index (χ0v) is 14.4. The van der Waals surface area contributed by atoms with E-state index in [1.54, 1.807) is 31.2 Å². The molecule has 0 aliphatic carbocycles. The normalized spacial score (nSPS) is 10.5. The first-order chi connectivity index (χ1) is 12.1. The Balaban J connectivity index is 1.84. The Bertz CT molecular complexity index is 760. The molecule has 0 fully saturated rings. The minimum Gasteiger partial charge on any atom is -0.489 e. The van der Waals surface area contributed by atoms with Crippen LogP contribution in [0.2, 0.25) is 5.02 Å². The van der Waals surface area contributed by atoms with E-state index < -0.39 is 11.8 Å². The molecule has 0 aliphatic rings. The third kappa shape index (κ3) is 6.27. The quantitative estimate of drug-likeness (QED) is 0.472. The molecule has 0 aromatic heterocycles. The number of nitrogens with one attached hydrogen (secondary N) is 2. The number of hydrazone groups is 1. The van der Waals surface area contributed by atoms with Crippen molar-refractivity contribution in [2.75, 3.05) is 6.54 Å². The molecule has 0 bridgehead atoms. The van der Waals surface area contributed by atoms with Crippen molar-refractivity contribution in [2.45, 2.75) is 13.5 Å². The molecule has 0 aliphatic heterocycles. The average Bonchev–Trinajstić information content (AvgIpc) is 2.61. The molecular weight excluding hydrogens is 342 g/mol. The van der Waals surface area contributed by atoms with Gasteiger partial charge in [0.2, 0.25) is 0 Å². The van der Waals surface area contributed by atoms with Gasteiger partial charge in [0.25, 0.3) is 0 Å². The number of amides is 2. The van der Waals surface area contributed by atoms with Crippen LogP contribution >= 0.6 is 11.6 Å². The Labute approximate surface area is 150 Å². The van der Waals surface area contributed by atoms with Gasteiger partial charge in [-0.25, -0.2) is 5.43 Å². The van der Waals surface area contributed by atoms with Crippen LogP contribution in [0.1, 0.15) is 18.1 Å². The minimum atomic E-state index is -0.806. The van der Waals surface area contributed by atoms with Gasteiger partial charge in [0.05, 0.1) is 6.21 Å². The highest BCUT2D eigenvalue weighted by Crippen LogP contribution is 2.15. The van der Waals surface area contributed by atoms with Crippen LogP contribution in [-0.2, 0) is 16.2 Å². The summed E-state index contributed by atoms with van der Waals surface area (Å²) in [4.78, 5) is 22.6. The largest absolute Gasteiger partial charge is 0.489 e. The number of halogens is 1. The molecule has 0 radical (unpaired) electrons. The summed E-state index contributed by atoms with van der Waals surface area (Å²) in [6.07, 6.45) is 1.44. The van der Waals surface area contributed by atoms with Crippen LogP contribution in [0.5, 0.6) is 5.75 Å². The van der Waals surface area contributed by atoms with Crippen molar-refractivity contribution in [2.24, 2.45) is 5.10 Å². The van der Waals surface area contributed by atoms with Gasteiger partial charge in [0.15, 0.2) is 0 Å². The van der Waals surface area contributed by atoms with Crippen LogP contribution in [0.4, 0.5) is 0 Å². The van der Waals surface area contributed by atoms with Crippen LogP contribution in [0.3, 0.4) is 0 Å². The van der Waals surface area contributed by atoms with Gasteiger partial charge < -0.3 is 10.1 Å². The zero-order valence-electron chi connectivity index (χ0n) is 13.7. The molecule has 2 aromatic rings. The minimum absolute atomic E-state index is 0.382. The van der Waals surface area contributed by atoms with E-state index >= 15 is 0 Å². The Morgan fingerprint density at radius 1 is 1.16 bits per heavy atom. The van der Waals surface area contributed by atoms with Crippen molar-refractivity contribution < 1.29 is 14.3 Å². The average molecular weight is 360 g/mol. The summed E-state index contributed by atoms with van der Waals surface area (Å²) in [5, 5.41) is 6.79. The first kappa shape index (κ1) is 18.5. The molecule has 2 amide bonds. The van der Waals surface area contributed by atoms with Crippen molar-refractivity contribution >= 4 is 29.6 Å². The Kier molecular flexibility index (Phi) is 6.98. The third-order valence-corrected chi connectivity index (χ3v) is 3.33. The topological polar surface area (TPSA) is 79.8 Å². The van der Waals surface area contributed by atoms with Gasteiger partial charge in [0, 0.05) is 11.6 Å². The van der Waals surface area contributed by atoms with Crippen LogP contribution in [0.15, 0.2) is 53.6 Å². The van der Waals surface area contributed by atoms with E-state index in [2.05, 4.69) is 15.8 Å². The standard InChI is InChI=1S/C18H18ClN3O3/c1-2-20-17(23)18(24)22-21-11-13-6-8-16(9-7-13)25-12-14-4-3-5-15(19)10-14/h3-11H,2,12H2,1H3,(H,20,23)(H,22,24)/b21-11-. The first-order valence-corrected chi connectivity index (χ1v) is 8.05. The van der Waals surface area contributed by atoms with Gasteiger partial charge in [-0.2, -0.15) is 5.10 Å². The first-order valence-electron chi connectivity index (χ1n) is 7.67. The summed E-state index contributed by atoms with van der Waals surface area (Å²) >= 11 is 5.93. The number of hydrogen-bond donors (Lipinski definition) is 2. The molecule has 2 rings (SSSR count). The molecule has 0 unspecified atom stereocenters. The van der Waals surface area contributed by atoms with Gasteiger partial charge in [-0.3, -0.25) is 9.59 Å². The van der Waals surface area contributed by atoms with Crippen molar-refractivity contribution in [3.63, 3.8) is 0 Å². The van der Waals surface area contributed by atoms with Gasteiger partial charge in [-0.1, -0.05) is 23.7 Å². The summed E-state index contributed by atoms with van der Waals surface area (Å²) in [6, 6.07) is 14.6. The van der Waals surface area contributed by atoms with Crippen LogP contribution in [0.25, 0.3) is 0 Å². The molecular formula is C18H18ClN3O3. The molecule has 25 heavy (non-hydrogen) atoms. The second-order valence-corrected chi connectivity index (χ2v) is 5.48. The fourth-order valence-corrected chi connectivity index (χ4v) is 2.11. The molecule has 0 saturated heterocycles. The summed E-state index contributed by atoms with van der Waals surface area (Å²) in [5.74, 6) is -0.826. The van der Waals surface area contributed by atoms with Gasteiger partial charge in [0.1, 0.15) is 12.4 Å². The van der Waals surface area contributed by atoms with Crippen molar-refractivity contribution in [1.82, 2.24) is 10.7 Å². The third-order valence-electron chi connectivity index (χ3n) is 3.10. The number of carbonyl (C=O) groups is 2. The molecule has 7 heteroatoms. The number of benzene rings is 2. The van der Waals surface area contributed by atoms with Crippen LogP contribution < -0.4 is 15.5 Å². The lowest BCUT2D eigenvalue weighted by Crippen LogP contribution is -2.37. The lowest BCUT2D eigenvalue weighted by Gasteiger charge is -2.06. The summed E-state index contributed by atoms with van der Waals surface area (Å²) in [6.45, 7) is 2.52. The number of ether oxygens (including phenoxy) is 1. The monoisotopic (exact) mass is 359 g/mol. The number of hydrogen-bond acceptors (Lipinski definition) is 4. The molecule has 130 valence electrons. The van der Waals surface area contributed by atoms with E-state index in [4.69, 9.17) is 16.3 Å². The maximum absolute atomic E-state index is 11.4. The van der Waals surface area contributed by atoms with Crippen LogP contribution in [0, 0.1) is 0 Å². The molecule has 6 nitrogen and oxygen atoms in total.